The highest BCUT2D eigenvalue weighted by Crippen LogP contribution is 2.25. The fraction of sp³-hybridized carbons (Fsp3) is 0.929. The SMILES string of the molecule is CC(O)C1CC(NCCO)CN(C(=O)C(C)(C)C)C1. The predicted octanol–water partition coefficient (Wildman–Crippen LogP) is 0.212. The van der Waals surface area contributed by atoms with Crippen LogP contribution < -0.4 is 5.32 Å². The molecule has 0 aromatic carbocycles. The molecule has 5 nitrogen and oxygen atoms in total. The van der Waals surface area contributed by atoms with Gasteiger partial charge in [-0.2, -0.15) is 0 Å². The van der Waals surface area contributed by atoms with Gasteiger partial charge in [0, 0.05) is 37.0 Å². The maximum absolute atomic E-state index is 12.4. The summed E-state index contributed by atoms with van der Waals surface area (Å²) >= 11 is 0. The first kappa shape index (κ1) is 16.4. The number of carbonyl (C=O) groups excluding carboxylic acids is 1. The summed E-state index contributed by atoms with van der Waals surface area (Å²) in [6, 6.07) is 0.145. The van der Waals surface area contributed by atoms with Gasteiger partial charge in [-0.3, -0.25) is 4.79 Å². The molecule has 0 aliphatic carbocycles. The van der Waals surface area contributed by atoms with E-state index in [2.05, 4.69) is 5.32 Å². The van der Waals surface area contributed by atoms with Gasteiger partial charge in [-0.25, -0.2) is 0 Å². The molecule has 0 bridgehead atoms. The lowest BCUT2D eigenvalue weighted by molar-refractivity contribution is -0.142. The largest absolute Gasteiger partial charge is 0.395 e. The number of amides is 1. The summed E-state index contributed by atoms with van der Waals surface area (Å²) in [7, 11) is 0. The number of hydrogen-bond acceptors (Lipinski definition) is 4. The number of carbonyl (C=O) groups is 1. The van der Waals surface area contributed by atoms with Gasteiger partial charge in [-0.05, 0) is 13.3 Å². The van der Waals surface area contributed by atoms with Crippen LogP contribution in [0.2, 0.25) is 0 Å². The molecule has 1 heterocycles. The highest BCUT2D eigenvalue weighted by atomic mass is 16.3. The van der Waals surface area contributed by atoms with Crippen LogP contribution in [0.25, 0.3) is 0 Å². The Kier molecular flexibility index (Phi) is 5.77. The number of likely N-dealkylation sites (tertiary alicyclic amines) is 1. The lowest BCUT2D eigenvalue weighted by atomic mass is 9.87. The van der Waals surface area contributed by atoms with Crippen molar-refractivity contribution in [1.29, 1.82) is 0 Å². The van der Waals surface area contributed by atoms with E-state index in [0.29, 0.717) is 19.6 Å². The van der Waals surface area contributed by atoms with Crippen molar-refractivity contribution in [1.82, 2.24) is 10.2 Å². The lowest BCUT2D eigenvalue weighted by Gasteiger charge is -2.41. The van der Waals surface area contributed by atoms with Crippen LogP contribution >= 0.6 is 0 Å². The molecule has 0 spiro atoms. The molecule has 5 heteroatoms. The van der Waals surface area contributed by atoms with Crippen molar-refractivity contribution >= 4 is 5.91 Å². The molecule has 0 aromatic rings. The summed E-state index contributed by atoms with van der Waals surface area (Å²) in [6.45, 7) is 9.40. The zero-order valence-electron chi connectivity index (χ0n) is 12.5. The third kappa shape index (κ3) is 4.75. The first-order chi connectivity index (χ1) is 8.75. The molecular weight excluding hydrogens is 244 g/mol. The number of rotatable bonds is 4. The third-order valence-corrected chi connectivity index (χ3v) is 3.64. The molecule has 1 fully saturated rings. The summed E-state index contributed by atoms with van der Waals surface area (Å²) < 4.78 is 0. The average Bonchev–Trinajstić information content (AvgIpc) is 2.33. The van der Waals surface area contributed by atoms with Crippen LogP contribution in [0, 0.1) is 11.3 Å². The standard InChI is InChI=1S/C14H28N2O3/c1-10(18)11-7-12(15-5-6-17)9-16(8-11)13(19)14(2,3)4/h10-12,15,17-18H,5-9H2,1-4H3. The van der Waals surface area contributed by atoms with Crippen LogP contribution in [0.5, 0.6) is 0 Å². The Hall–Kier alpha value is -0.650. The van der Waals surface area contributed by atoms with Gasteiger partial charge in [0.05, 0.1) is 12.7 Å². The van der Waals surface area contributed by atoms with Crippen LogP contribution in [-0.2, 0) is 4.79 Å². The van der Waals surface area contributed by atoms with Gasteiger partial charge in [0.1, 0.15) is 0 Å². The average molecular weight is 272 g/mol. The molecule has 0 aromatic heterocycles. The second-order valence-corrected chi connectivity index (χ2v) is 6.57. The fourth-order valence-electron chi connectivity index (χ4n) is 2.54. The minimum atomic E-state index is -0.422. The maximum Gasteiger partial charge on any atom is 0.228 e. The molecule has 1 aliphatic heterocycles. The fourth-order valence-corrected chi connectivity index (χ4v) is 2.54. The van der Waals surface area contributed by atoms with Gasteiger partial charge in [-0.15, -0.1) is 0 Å². The van der Waals surface area contributed by atoms with E-state index >= 15 is 0 Å². The molecule has 1 rings (SSSR count). The van der Waals surface area contributed by atoms with E-state index in [9.17, 15) is 9.90 Å². The van der Waals surface area contributed by atoms with Crippen LogP contribution in [-0.4, -0.2) is 59.4 Å². The van der Waals surface area contributed by atoms with Crippen molar-refractivity contribution in [2.45, 2.75) is 46.3 Å². The molecule has 1 aliphatic rings. The Balaban J connectivity index is 2.72. The van der Waals surface area contributed by atoms with E-state index in [1.165, 1.54) is 0 Å². The number of aliphatic hydroxyl groups is 2. The van der Waals surface area contributed by atoms with E-state index < -0.39 is 11.5 Å². The number of hydrogen-bond donors (Lipinski definition) is 3. The molecule has 112 valence electrons. The van der Waals surface area contributed by atoms with E-state index in [1.807, 2.05) is 25.7 Å². The van der Waals surface area contributed by atoms with Gasteiger partial charge in [0.15, 0.2) is 0 Å². The number of aliphatic hydroxyl groups excluding tert-OH is 2. The van der Waals surface area contributed by atoms with Crippen molar-refractivity contribution < 1.29 is 15.0 Å². The quantitative estimate of drug-likeness (QED) is 0.684. The minimum absolute atomic E-state index is 0.0864. The maximum atomic E-state index is 12.4. The number of nitrogens with one attached hydrogen (secondary N) is 1. The molecule has 1 amide bonds. The Labute approximate surface area is 116 Å². The van der Waals surface area contributed by atoms with Crippen molar-refractivity contribution in [2.24, 2.45) is 11.3 Å². The van der Waals surface area contributed by atoms with Gasteiger partial charge >= 0.3 is 0 Å². The van der Waals surface area contributed by atoms with Crippen LogP contribution in [0.4, 0.5) is 0 Å². The Morgan fingerprint density at radius 2 is 2.05 bits per heavy atom. The van der Waals surface area contributed by atoms with Gasteiger partial charge in [-0.1, -0.05) is 20.8 Å². The molecule has 3 N–H and O–H groups in total. The Morgan fingerprint density at radius 1 is 1.42 bits per heavy atom. The number of nitrogens with zero attached hydrogens (tertiary/aromatic N) is 1. The second-order valence-electron chi connectivity index (χ2n) is 6.57. The molecule has 0 radical (unpaired) electrons. The Bertz CT molecular complexity index is 300. The zero-order valence-corrected chi connectivity index (χ0v) is 12.5. The Morgan fingerprint density at radius 3 is 2.53 bits per heavy atom. The normalized spacial score (nSPS) is 26.3. The summed E-state index contributed by atoms with van der Waals surface area (Å²) in [5, 5.41) is 21.9. The lowest BCUT2D eigenvalue weighted by Crippen LogP contribution is -2.55. The molecule has 1 saturated heterocycles. The number of piperidine rings is 1. The highest BCUT2D eigenvalue weighted by Gasteiger charge is 2.35. The first-order valence-electron chi connectivity index (χ1n) is 7.07. The van der Waals surface area contributed by atoms with Gasteiger partial charge in [0.25, 0.3) is 0 Å². The monoisotopic (exact) mass is 272 g/mol. The van der Waals surface area contributed by atoms with E-state index in [1.54, 1.807) is 6.92 Å². The summed E-state index contributed by atoms with van der Waals surface area (Å²) in [5.74, 6) is 0.213. The van der Waals surface area contributed by atoms with E-state index in [0.717, 1.165) is 6.42 Å². The van der Waals surface area contributed by atoms with Gasteiger partial charge in [0.2, 0.25) is 5.91 Å². The first-order valence-corrected chi connectivity index (χ1v) is 7.07. The summed E-state index contributed by atoms with van der Waals surface area (Å²) in [4.78, 5) is 14.2. The molecule has 3 atom stereocenters. The minimum Gasteiger partial charge on any atom is -0.395 e. The predicted molar refractivity (Wildman–Crippen MR) is 74.7 cm³/mol. The topological polar surface area (TPSA) is 72.8 Å². The van der Waals surface area contributed by atoms with E-state index in [4.69, 9.17) is 5.11 Å². The van der Waals surface area contributed by atoms with E-state index in [-0.39, 0.29) is 24.5 Å². The molecule has 0 saturated carbocycles. The zero-order chi connectivity index (χ0) is 14.6. The van der Waals surface area contributed by atoms with Crippen molar-refractivity contribution in [3.63, 3.8) is 0 Å². The van der Waals surface area contributed by atoms with Crippen LogP contribution in [0.1, 0.15) is 34.1 Å². The van der Waals surface area contributed by atoms with Gasteiger partial charge < -0.3 is 20.4 Å². The highest BCUT2D eigenvalue weighted by molar-refractivity contribution is 5.81. The van der Waals surface area contributed by atoms with Crippen molar-refractivity contribution in [3.8, 4) is 0 Å². The smallest absolute Gasteiger partial charge is 0.228 e. The third-order valence-electron chi connectivity index (χ3n) is 3.64. The summed E-state index contributed by atoms with van der Waals surface area (Å²) in [5.41, 5.74) is -0.401. The van der Waals surface area contributed by atoms with Crippen molar-refractivity contribution in [2.75, 3.05) is 26.2 Å². The molecule has 3 unspecified atom stereocenters. The van der Waals surface area contributed by atoms with Crippen molar-refractivity contribution in [3.05, 3.63) is 0 Å². The molecular formula is C14H28N2O3. The molecule has 19 heavy (non-hydrogen) atoms. The summed E-state index contributed by atoms with van der Waals surface area (Å²) in [6.07, 6.45) is 0.417. The van der Waals surface area contributed by atoms with Crippen LogP contribution in [0.3, 0.4) is 0 Å². The second kappa shape index (κ2) is 6.68. The van der Waals surface area contributed by atoms with Crippen LogP contribution in [0.15, 0.2) is 0 Å².